The van der Waals surface area contributed by atoms with Gasteiger partial charge in [-0.25, -0.2) is 0 Å². The van der Waals surface area contributed by atoms with Gasteiger partial charge in [-0.05, 0) is 20.3 Å². The lowest BCUT2D eigenvalue weighted by atomic mass is 9.84. The summed E-state index contributed by atoms with van der Waals surface area (Å²) in [7, 11) is 0. The van der Waals surface area contributed by atoms with E-state index >= 15 is 0 Å². The van der Waals surface area contributed by atoms with E-state index < -0.39 is 5.79 Å². The molecule has 19 heavy (non-hydrogen) atoms. The van der Waals surface area contributed by atoms with Gasteiger partial charge in [0.1, 0.15) is 0 Å². The van der Waals surface area contributed by atoms with Crippen molar-refractivity contribution in [3.63, 3.8) is 0 Å². The molecule has 0 aromatic carbocycles. The molecule has 3 heterocycles. The fourth-order valence-corrected chi connectivity index (χ4v) is 3.36. The van der Waals surface area contributed by atoms with E-state index in [1.807, 2.05) is 13.8 Å². The maximum Gasteiger partial charge on any atom is 0.215 e. The van der Waals surface area contributed by atoms with E-state index in [1.54, 1.807) is 0 Å². The van der Waals surface area contributed by atoms with Gasteiger partial charge in [-0.1, -0.05) is 13.3 Å². The highest BCUT2D eigenvalue weighted by Crippen LogP contribution is 2.49. The largest absolute Gasteiger partial charge is 0.352 e. The van der Waals surface area contributed by atoms with Crippen LogP contribution in [0.4, 0.5) is 0 Å². The molecule has 3 aliphatic heterocycles. The molecular formula is C14H23NO4. The number of rotatable bonds is 4. The molecule has 2 fully saturated rings. The van der Waals surface area contributed by atoms with Crippen molar-refractivity contribution in [2.24, 2.45) is 16.8 Å². The fraction of sp³-hybridized carbons (Fsp3) is 0.929. The molecule has 3 aliphatic rings. The monoisotopic (exact) mass is 269 g/mol. The Hall–Kier alpha value is -0.490. The van der Waals surface area contributed by atoms with Gasteiger partial charge in [-0.2, -0.15) is 0 Å². The maximum absolute atomic E-state index is 6.02. The Kier molecular flexibility index (Phi) is 3.64. The quantitative estimate of drug-likeness (QED) is 0.782. The summed E-state index contributed by atoms with van der Waals surface area (Å²) in [4.78, 5) is 4.58. The van der Waals surface area contributed by atoms with Crippen LogP contribution < -0.4 is 0 Å². The topological polar surface area (TPSA) is 49.3 Å². The summed E-state index contributed by atoms with van der Waals surface area (Å²) in [6.45, 7) is 7.99. The minimum absolute atomic E-state index is 0.0889. The molecule has 0 aromatic heterocycles. The molecule has 0 spiro atoms. The Morgan fingerprint density at radius 2 is 2.11 bits per heavy atom. The Morgan fingerprint density at radius 3 is 2.84 bits per heavy atom. The second-order valence-corrected chi connectivity index (χ2v) is 5.48. The van der Waals surface area contributed by atoms with Crippen LogP contribution in [0.15, 0.2) is 4.99 Å². The van der Waals surface area contributed by atoms with Gasteiger partial charge in [-0.3, -0.25) is 4.99 Å². The van der Waals surface area contributed by atoms with E-state index in [-0.39, 0.29) is 24.4 Å². The van der Waals surface area contributed by atoms with Gasteiger partial charge in [0.25, 0.3) is 0 Å². The number of hydrogen-bond donors (Lipinski definition) is 0. The van der Waals surface area contributed by atoms with Gasteiger partial charge in [-0.15, -0.1) is 0 Å². The minimum atomic E-state index is -0.672. The van der Waals surface area contributed by atoms with Crippen molar-refractivity contribution in [1.29, 1.82) is 0 Å². The smallest absolute Gasteiger partial charge is 0.215 e. The molecule has 5 atom stereocenters. The molecule has 3 rings (SSSR count). The lowest BCUT2D eigenvalue weighted by Crippen LogP contribution is -2.48. The van der Waals surface area contributed by atoms with Gasteiger partial charge >= 0.3 is 0 Å². The van der Waals surface area contributed by atoms with E-state index in [0.717, 1.165) is 18.6 Å². The summed E-state index contributed by atoms with van der Waals surface area (Å²) >= 11 is 0. The number of fused-ring (bicyclic) bond motifs is 5. The van der Waals surface area contributed by atoms with Crippen molar-refractivity contribution in [3.05, 3.63) is 0 Å². The van der Waals surface area contributed by atoms with E-state index in [4.69, 9.17) is 18.9 Å². The third-order valence-electron chi connectivity index (χ3n) is 4.31. The Balaban J connectivity index is 1.79. The molecule has 0 saturated carbocycles. The third-order valence-corrected chi connectivity index (χ3v) is 4.31. The minimum Gasteiger partial charge on any atom is -0.352 e. The van der Waals surface area contributed by atoms with Gasteiger partial charge in [0.2, 0.25) is 5.79 Å². The molecule has 5 unspecified atom stereocenters. The molecule has 5 nitrogen and oxygen atoms in total. The van der Waals surface area contributed by atoms with Gasteiger partial charge < -0.3 is 18.9 Å². The zero-order chi connectivity index (χ0) is 13.5. The van der Waals surface area contributed by atoms with Crippen LogP contribution in [0.25, 0.3) is 0 Å². The van der Waals surface area contributed by atoms with Crippen LogP contribution in [0.3, 0.4) is 0 Å². The van der Waals surface area contributed by atoms with Crippen LogP contribution in [0.1, 0.15) is 33.6 Å². The molecular weight excluding hydrogens is 246 g/mol. The first-order chi connectivity index (χ1) is 9.21. The third kappa shape index (κ3) is 2.03. The molecule has 0 aromatic rings. The van der Waals surface area contributed by atoms with E-state index in [0.29, 0.717) is 19.8 Å². The molecule has 0 N–H and O–H groups in total. The van der Waals surface area contributed by atoms with Gasteiger partial charge in [0.05, 0.1) is 24.8 Å². The Labute approximate surface area is 114 Å². The lowest BCUT2D eigenvalue weighted by molar-refractivity contribution is -0.202. The summed E-state index contributed by atoms with van der Waals surface area (Å²) in [5, 5.41) is 0. The van der Waals surface area contributed by atoms with Crippen LogP contribution in [0.2, 0.25) is 0 Å². The normalized spacial score (nSPS) is 44.9. The molecule has 5 heteroatoms. The van der Waals surface area contributed by atoms with Crippen LogP contribution in [-0.2, 0) is 18.9 Å². The highest BCUT2D eigenvalue weighted by molar-refractivity contribution is 5.91. The average Bonchev–Trinajstić information content (AvgIpc) is 2.75. The Bertz CT molecular complexity index is 372. The van der Waals surface area contributed by atoms with Crippen molar-refractivity contribution >= 4 is 5.71 Å². The van der Waals surface area contributed by atoms with E-state index in [9.17, 15) is 0 Å². The number of ether oxygens (including phenoxy) is 4. The molecule has 2 saturated heterocycles. The van der Waals surface area contributed by atoms with E-state index in [1.165, 1.54) is 0 Å². The molecule has 0 aliphatic carbocycles. The number of nitrogens with zero attached hydrogens (tertiary/aromatic N) is 1. The average molecular weight is 269 g/mol. The second kappa shape index (κ2) is 5.13. The van der Waals surface area contributed by atoms with Crippen LogP contribution in [0, 0.1) is 11.8 Å². The predicted molar refractivity (Wildman–Crippen MR) is 69.9 cm³/mol. The predicted octanol–water partition coefficient (Wildman–Crippen LogP) is 1.96. The summed E-state index contributed by atoms with van der Waals surface area (Å²) in [5.74, 6) is -0.233. The van der Waals surface area contributed by atoms with Gasteiger partial charge in [0, 0.05) is 12.5 Å². The van der Waals surface area contributed by atoms with Crippen molar-refractivity contribution in [1.82, 2.24) is 0 Å². The maximum atomic E-state index is 6.02. The summed E-state index contributed by atoms with van der Waals surface area (Å²) in [6, 6.07) is 0. The Morgan fingerprint density at radius 1 is 1.32 bits per heavy atom. The highest BCUT2D eigenvalue weighted by atomic mass is 16.7. The SMILES string of the molecule is CCCC1OCC2C3N=C(C)C(OCC)(O3)C2CO1. The molecule has 0 radical (unpaired) electrons. The first-order valence-corrected chi connectivity index (χ1v) is 7.31. The van der Waals surface area contributed by atoms with Crippen molar-refractivity contribution in [3.8, 4) is 0 Å². The number of aliphatic imine (C=N–C) groups is 1. The highest BCUT2D eigenvalue weighted by Gasteiger charge is 2.62. The van der Waals surface area contributed by atoms with Crippen LogP contribution in [-0.4, -0.2) is 43.8 Å². The van der Waals surface area contributed by atoms with Crippen LogP contribution in [0.5, 0.6) is 0 Å². The molecule has 108 valence electrons. The van der Waals surface area contributed by atoms with Crippen molar-refractivity contribution in [2.75, 3.05) is 19.8 Å². The van der Waals surface area contributed by atoms with Crippen molar-refractivity contribution < 1.29 is 18.9 Å². The van der Waals surface area contributed by atoms with Crippen LogP contribution >= 0.6 is 0 Å². The van der Waals surface area contributed by atoms with E-state index in [2.05, 4.69) is 11.9 Å². The first-order valence-electron chi connectivity index (χ1n) is 7.31. The van der Waals surface area contributed by atoms with Crippen molar-refractivity contribution in [2.45, 2.75) is 51.9 Å². The fourth-order valence-electron chi connectivity index (χ4n) is 3.36. The zero-order valence-electron chi connectivity index (χ0n) is 11.9. The van der Waals surface area contributed by atoms with Gasteiger partial charge in [0.15, 0.2) is 12.5 Å². The second-order valence-electron chi connectivity index (χ2n) is 5.48. The first kappa shape index (κ1) is 13.5. The zero-order valence-corrected chi connectivity index (χ0v) is 11.9. The molecule has 0 amide bonds. The standard InChI is InChI=1S/C14H23NO4/c1-4-6-12-16-7-10-11(8-17-12)14(18-5-2)9(3)15-13(10)19-14/h10-13H,4-8H2,1-3H3. The lowest BCUT2D eigenvalue weighted by Gasteiger charge is -2.33. The molecule has 2 bridgehead atoms. The summed E-state index contributed by atoms with van der Waals surface area (Å²) in [5.41, 5.74) is 0.943. The summed E-state index contributed by atoms with van der Waals surface area (Å²) in [6.07, 6.45) is 1.79. The summed E-state index contributed by atoms with van der Waals surface area (Å²) < 4.78 is 23.7. The number of hydrogen-bond acceptors (Lipinski definition) is 5.